The molecule has 18 heavy (non-hydrogen) atoms. The third kappa shape index (κ3) is 2.18. The molecule has 1 aliphatic heterocycles. The first kappa shape index (κ1) is 12.8. The van der Waals surface area contributed by atoms with Crippen LogP contribution in [0.2, 0.25) is 0 Å². The maximum Gasteiger partial charge on any atom is 0.166 e. The number of fused-ring (bicyclic) bond motifs is 3. The first-order valence-electron chi connectivity index (χ1n) is 6.41. The number of hydrogen-bond acceptors (Lipinski definition) is 2. The standard InChI is InChI=1S/C14H16Br2O2/c1-8-2-3-9-10(15)7-12-14(18-5-4-17-12)13(9)11(16)6-8/h7-8,11H,2-6H2,1H3. The lowest BCUT2D eigenvalue weighted by Crippen LogP contribution is -2.17. The molecule has 0 N–H and O–H groups in total. The number of rotatable bonds is 0. The second kappa shape index (κ2) is 5.04. The fourth-order valence-electron chi connectivity index (χ4n) is 2.78. The highest BCUT2D eigenvalue weighted by Gasteiger charge is 2.29. The number of benzene rings is 1. The van der Waals surface area contributed by atoms with Gasteiger partial charge in [-0.1, -0.05) is 38.8 Å². The van der Waals surface area contributed by atoms with E-state index in [1.165, 1.54) is 17.5 Å². The number of halogens is 2. The van der Waals surface area contributed by atoms with Gasteiger partial charge in [-0.15, -0.1) is 0 Å². The van der Waals surface area contributed by atoms with Gasteiger partial charge in [0.25, 0.3) is 0 Å². The van der Waals surface area contributed by atoms with Crippen molar-refractivity contribution in [1.29, 1.82) is 0 Å². The highest BCUT2D eigenvalue weighted by atomic mass is 79.9. The average Bonchev–Trinajstić information content (AvgIpc) is 2.49. The SMILES string of the molecule is CC1CCc2c(Br)cc3c(c2C(Br)C1)OCCO3. The van der Waals surface area contributed by atoms with Crippen molar-refractivity contribution < 1.29 is 9.47 Å². The zero-order valence-corrected chi connectivity index (χ0v) is 13.5. The molecule has 0 amide bonds. The lowest BCUT2D eigenvalue weighted by molar-refractivity contribution is 0.169. The number of hydrogen-bond donors (Lipinski definition) is 0. The molecule has 1 aromatic carbocycles. The van der Waals surface area contributed by atoms with Crippen molar-refractivity contribution >= 4 is 31.9 Å². The van der Waals surface area contributed by atoms with E-state index in [0.717, 1.165) is 34.7 Å². The Morgan fingerprint density at radius 3 is 2.89 bits per heavy atom. The van der Waals surface area contributed by atoms with Crippen molar-refractivity contribution in [3.05, 3.63) is 21.7 Å². The van der Waals surface area contributed by atoms with E-state index < -0.39 is 0 Å². The largest absolute Gasteiger partial charge is 0.486 e. The molecule has 0 aromatic heterocycles. The van der Waals surface area contributed by atoms with Crippen LogP contribution in [0.1, 0.15) is 35.7 Å². The summed E-state index contributed by atoms with van der Waals surface area (Å²) in [6.07, 6.45) is 3.49. The summed E-state index contributed by atoms with van der Waals surface area (Å²) in [5.74, 6) is 2.56. The van der Waals surface area contributed by atoms with E-state index in [4.69, 9.17) is 9.47 Å². The predicted octanol–water partition coefficient (Wildman–Crippen LogP) is 4.63. The van der Waals surface area contributed by atoms with Crippen LogP contribution in [-0.2, 0) is 6.42 Å². The first-order chi connectivity index (χ1) is 8.66. The van der Waals surface area contributed by atoms with Crippen LogP contribution in [0.15, 0.2) is 10.5 Å². The predicted molar refractivity (Wildman–Crippen MR) is 78.9 cm³/mol. The Balaban J connectivity index is 2.16. The normalized spacial score (nSPS) is 26.4. The van der Waals surface area contributed by atoms with Gasteiger partial charge in [0.1, 0.15) is 13.2 Å². The molecule has 4 heteroatoms. The van der Waals surface area contributed by atoms with Gasteiger partial charge < -0.3 is 9.47 Å². The summed E-state index contributed by atoms with van der Waals surface area (Å²) < 4.78 is 12.7. The van der Waals surface area contributed by atoms with Crippen LogP contribution in [0.25, 0.3) is 0 Å². The minimum Gasteiger partial charge on any atom is -0.486 e. The third-order valence-electron chi connectivity index (χ3n) is 3.74. The van der Waals surface area contributed by atoms with Gasteiger partial charge in [0.15, 0.2) is 11.5 Å². The van der Waals surface area contributed by atoms with Gasteiger partial charge in [0.05, 0.1) is 0 Å². The molecular weight excluding hydrogens is 360 g/mol. The van der Waals surface area contributed by atoms with Gasteiger partial charge >= 0.3 is 0 Å². The van der Waals surface area contributed by atoms with Crippen molar-refractivity contribution in [3.8, 4) is 11.5 Å². The van der Waals surface area contributed by atoms with Crippen LogP contribution in [0.4, 0.5) is 0 Å². The Labute approximate surface area is 124 Å². The van der Waals surface area contributed by atoms with Crippen LogP contribution in [0.3, 0.4) is 0 Å². The van der Waals surface area contributed by atoms with Crippen LogP contribution < -0.4 is 9.47 Å². The van der Waals surface area contributed by atoms with Crippen molar-refractivity contribution in [3.63, 3.8) is 0 Å². The maximum absolute atomic E-state index is 5.86. The van der Waals surface area contributed by atoms with Crippen molar-refractivity contribution in [2.45, 2.75) is 31.0 Å². The van der Waals surface area contributed by atoms with E-state index >= 15 is 0 Å². The molecular formula is C14H16Br2O2. The average molecular weight is 376 g/mol. The second-order valence-electron chi connectivity index (χ2n) is 5.12. The van der Waals surface area contributed by atoms with Crippen molar-refractivity contribution in [2.75, 3.05) is 13.2 Å². The lowest BCUT2D eigenvalue weighted by Gasteiger charge is -2.25. The van der Waals surface area contributed by atoms with Crippen LogP contribution in [0, 0.1) is 5.92 Å². The van der Waals surface area contributed by atoms with Crippen LogP contribution >= 0.6 is 31.9 Å². The third-order valence-corrected chi connectivity index (χ3v) is 5.28. The molecule has 2 nitrogen and oxygen atoms in total. The van der Waals surface area contributed by atoms with Gasteiger partial charge in [-0.3, -0.25) is 0 Å². The molecule has 1 heterocycles. The zero-order valence-electron chi connectivity index (χ0n) is 10.3. The molecule has 0 fully saturated rings. The quantitative estimate of drug-likeness (QED) is 0.486. The Morgan fingerprint density at radius 1 is 1.28 bits per heavy atom. The lowest BCUT2D eigenvalue weighted by atomic mass is 10.0. The smallest absolute Gasteiger partial charge is 0.166 e. The van der Waals surface area contributed by atoms with E-state index in [0.29, 0.717) is 18.0 Å². The molecule has 0 spiro atoms. The number of alkyl halides is 1. The van der Waals surface area contributed by atoms with Crippen LogP contribution in [-0.4, -0.2) is 13.2 Å². The Bertz CT molecular complexity index is 473. The molecule has 98 valence electrons. The van der Waals surface area contributed by atoms with Gasteiger partial charge in [-0.2, -0.15) is 0 Å². The van der Waals surface area contributed by atoms with Gasteiger partial charge in [-0.05, 0) is 36.8 Å². The minimum absolute atomic E-state index is 0.359. The summed E-state index contributed by atoms with van der Waals surface area (Å²) in [6, 6.07) is 2.06. The Kier molecular flexibility index (Phi) is 3.59. The van der Waals surface area contributed by atoms with Gasteiger partial charge in [0, 0.05) is 14.9 Å². The summed E-state index contributed by atoms with van der Waals surface area (Å²) in [5.41, 5.74) is 2.67. The molecule has 3 rings (SSSR count). The molecule has 0 saturated heterocycles. The topological polar surface area (TPSA) is 18.5 Å². The van der Waals surface area contributed by atoms with E-state index in [1.807, 2.05) is 0 Å². The molecule has 1 aliphatic carbocycles. The number of ether oxygens (including phenoxy) is 2. The summed E-state index contributed by atoms with van der Waals surface area (Å²) in [4.78, 5) is 0.359. The maximum atomic E-state index is 5.86. The summed E-state index contributed by atoms with van der Waals surface area (Å²) in [7, 11) is 0. The Hall–Kier alpha value is -0.220. The molecule has 2 unspecified atom stereocenters. The highest BCUT2D eigenvalue weighted by molar-refractivity contribution is 9.10. The first-order valence-corrected chi connectivity index (χ1v) is 8.12. The Morgan fingerprint density at radius 2 is 2.06 bits per heavy atom. The zero-order chi connectivity index (χ0) is 12.7. The fraction of sp³-hybridized carbons (Fsp3) is 0.571. The van der Waals surface area contributed by atoms with Crippen molar-refractivity contribution in [1.82, 2.24) is 0 Å². The van der Waals surface area contributed by atoms with Gasteiger partial charge in [-0.25, -0.2) is 0 Å². The van der Waals surface area contributed by atoms with E-state index in [-0.39, 0.29) is 0 Å². The van der Waals surface area contributed by atoms with E-state index in [2.05, 4.69) is 44.8 Å². The summed E-state index contributed by atoms with van der Waals surface area (Å²) >= 11 is 7.52. The van der Waals surface area contributed by atoms with Gasteiger partial charge in [0.2, 0.25) is 0 Å². The fourth-order valence-corrected chi connectivity index (χ4v) is 4.52. The minimum atomic E-state index is 0.359. The summed E-state index contributed by atoms with van der Waals surface area (Å²) in [5, 5.41) is 0. The molecule has 0 bridgehead atoms. The highest BCUT2D eigenvalue weighted by Crippen LogP contribution is 2.49. The summed E-state index contributed by atoms with van der Waals surface area (Å²) in [6.45, 7) is 3.61. The second-order valence-corrected chi connectivity index (χ2v) is 7.08. The molecule has 0 radical (unpaired) electrons. The monoisotopic (exact) mass is 374 g/mol. The molecule has 2 aliphatic rings. The molecule has 1 aromatic rings. The molecule has 0 saturated carbocycles. The molecule has 2 atom stereocenters. The van der Waals surface area contributed by atoms with E-state index in [1.54, 1.807) is 0 Å². The van der Waals surface area contributed by atoms with Crippen LogP contribution in [0.5, 0.6) is 11.5 Å². The van der Waals surface area contributed by atoms with E-state index in [9.17, 15) is 0 Å². The van der Waals surface area contributed by atoms with Crippen molar-refractivity contribution in [2.24, 2.45) is 5.92 Å².